The highest BCUT2D eigenvalue weighted by atomic mass is 16.6. The van der Waals surface area contributed by atoms with Crippen molar-refractivity contribution in [1.82, 2.24) is 14.6 Å². The number of aromatic nitrogens is 3. The number of ether oxygens (including phenoxy) is 2. The Hall–Kier alpha value is -2.56. The predicted octanol–water partition coefficient (Wildman–Crippen LogP) is 2.48. The average molecular weight is 267 g/mol. The molecule has 4 rings (SSSR count). The van der Waals surface area contributed by atoms with Gasteiger partial charge in [-0.15, -0.1) is 0 Å². The summed E-state index contributed by atoms with van der Waals surface area (Å²) in [5, 5.41) is 4.57. The van der Waals surface area contributed by atoms with Crippen LogP contribution < -0.4 is 9.47 Å². The molecule has 0 unspecified atom stereocenters. The minimum absolute atomic E-state index is 0.587. The molecule has 2 aromatic heterocycles. The molecule has 1 aliphatic heterocycles. The number of hydrogen-bond acceptors (Lipinski definition) is 4. The monoisotopic (exact) mass is 267 g/mol. The third kappa shape index (κ3) is 1.79. The molecule has 20 heavy (non-hydrogen) atoms. The van der Waals surface area contributed by atoms with E-state index in [1.54, 1.807) is 4.52 Å². The molecule has 0 bridgehead atoms. The molecule has 3 heterocycles. The Morgan fingerprint density at radius 1 is 1.05 bits per heavy atom. The van der Waals surface area contributed by atoms with Crippen LogP contribution in [0.2, 0.25) is 0 Å². The first kappa shape index (κ1) is 11.3. The Balaban J connectivity index is 1.81. The van der Waals surface area contributed by atoms with Crippen molar-refractivity contribution in [2.24, 2.45) is 0 Å². The van der Waals surface area contributed by atoms with Crippen LogP contribution in [0, 0.1) is 6.92 Å². The highest BCUT2D eigenvalue weighted by Gasteiger charge is 2.13. The molecular weight excluding hydrogens is 254 g/mol. The number of aryl methyl sites for hydroxylation is 1. The van der Waals surface area contributed by atoms with Crippen molar-refractivity contribution in [3.05, 3.63) is 42.2 Å². The lowest BCUT2D eigenvalue weighted by molar-refractivity contribution is 0.171. The van der Waals surface area contributed by atoms with Gasteiger partial charge in [-0.3, -0.25) is 0 Å². The molecule has 0 fully saturated rings. The van der Waals surface area contributed by atoms with Gasteiger partial charge in [-0.05, 0) is 37.3 Å². The summed E-state index contributed by atoms with van der Waals surface area (Å²) in [5.41, 5.74) is 3.69. The molecule has 0 amide bonds. The standard InChI is InChI=1S/C15H13N3O2/c1-10-9-18-15(16-10)5-3-12(17-18)11-2-4-13-14(8-11)20-7-6-19-13/h2-5,8-9H,6-7H2,1H3. The van der Waals surface area contributed by atoms with Gasteiger partial charge in [-0.1, -0.05) is 0 Å². The minimum Gasteiger partial charge on any atom is -0.486 e. The van der Waals surface area contributed by atoms with Gasteiger partial charge in [0.05, 0.1) is 17.6 Å². The number of hydrogen-bond donors (Lipinski definition) is 0. The van der Waals surface area contributed by atoms with E-state index in [1.807, 2.05) is 43.5 Å². The fourth-order valence-electron chi connectivity index (χ4n) is 2.36. The van der Waals surface area contributed by atoms with Gasteiger partial charge in [0.2, 0.25) is 0 Å². The van der Waals surface area contributed by atoms with Crippen LogP contribution in [0.5, 0.6) is 11.5 Å². The second-order valence-corrected chi connectivity index (χ2v) is 4.76. The van der Waals surface area contributed by atoms with Crippen molar-refractivity contribution in [3.63, 3.8) is 0 Å². The van der Waals surface area contributed by atoms with Crippen LogP contribution in [0.25, 0.3) is 16.9 Å². The van der Waals surface area contributed by atoms with E-state index in [9.17, 15) is 0 Å². The summed E-state index contributed by atoms with van der Waals surface area (Å²) < 4.78 is 12.9. The first-order valence-electron chi connectivity index (χ1n) is 6.53. The van der Waals surface area contributed by atoms with Gasteiger partial charge >= 0.3 is 0 Å². The van der Waals surface area contributed by atoms with Crippen molar-refractivity contribution in [3.8, 4) is 22.8 Å². The molecule has 1 aliphatic rings. The zero-order chi connectivity index (χ0) is 13.5. The van der Waals surface area contributed by atoms with E-state index >= 15 is 0 Å². The molecule has 0 aliphatic carbocycles. The maximum atomic E-state index is 5.61. The molecule has 0 saturated heterocycles. The van der Waals surface area contributed by atoms with Crippen molar-refractivity contribution >= 4 is 5.65 Å². The maximum Gasteiger partial charge on any atom is 0.162 e. The van der Waals surface area contributed by atoms with E-state index in [2.05, 4.69) is 10.1 Å². The van der Waals surface area contributed by atoms with Crippen LogP contribution in [-0.4, -0.2) is 27.8 Å². The van der Waals surface area contributed by atoms with Gasteiger partial charge in [0.1, 0.15) is 13.2 Å². The van der Waals surface area contributed by atoms with Crippen molar-refractivity contribution < 1.29 is 9.47 Å². The lowest BCUT2D eigenvalue weighted by Gasteiger charge is -2.18. The van der Waals surface area contributed by atoms with E-state index in [0.29, 0.717) is 13.2 Å². The lowest BCUT2D eigenvalue weighted by Crippen LogP contribution is -2.15. The number of nitrogens with zero attached hydrogens (tertiary/aromatic N) is 3. The molecule has 5 nitrogen and oxygen atoms in total. The second kappa shape index (κ2) is 4.23. The molecule has 5 heteroatoms. The maximum absolute atomic E-state index is 5.61. The second-order valence-electron chi connectivity index (χ2n) is 4.76. The normalized spacial score (nSPS) is 13.7. The summed E-state index contributed by atoms with van der Waals surface area (Å²) in [5.74, 6) is 1.57. The largest absolute Gasteiger partial charge is 0.486 e. The third-order valence-corrected chi connectivity index (χ3v) is 3.28. The Morgan fingerprint density at radius 2 is 1.90 bits per heavy atom. The van der Waals surface area contributed by atoms with Gasteiger partial charge in [0, 0.05) is 5.56 Å². The zero-order valence-corrected chi connectivity index (χ0v) is 11.0. The summed E-state index contributed by atoms with van der Waals surface area (Å²) in [6.07, 6.45) is 1.91. The predicted molar refractivity (Wildman–Crippen MR) is 74.2 cm³/mol. The molecular formula is C15H13N3O2. The van der Waals surface area contributed by atoms with E-state index in [1.165, 1.54) is 0 Å². The van der Waals surface area contributed by atoms with Crippen LogP contribution in [0.1, 0.15) is 5.69 Å². The fourth-order valence-corrected chi connectivity index (χ4v) is 2.36. The van der Waals surface area contributed by atoms with E-state index in [-0.39, 0.29) is 0 Å². The number of imidazole rings is 1. The van der Waals surface area contributed by atoms with Crippen LogP contribution in [0.15, 0.2) is 36.5 Å². The van der Waals surface area contributed by atoms with Crippen LogP contribution in [-0.2, 0) is 0 Å². The van der Waals surface area contributed by atoms with Gasteiger partial charge < -0.3 is 9.47 Å². The Kier molecular flexibility index (Phi) is 2.39. The van der Waals surface area contributed by atoms with Gasteiger partial charge in [-0.25, -0.2) is 9.50 Å². The van der Waals surface area contributed by atoms with E-state index < -0.39 is 0 Å². The Bertz CT molecular complexity index is 795. The van der Waals surface area contributed by atoms with Crippen molar-refractivity contribution in [1.29, 1.82) is 0 Å². The molecule has 100 valence electrons. The van der Waals surface area contributed by atoms with Crippen LogP contribution in [0.3, 0.4) is 0 Å². The zero-order valence-electron chi connectivity index (χ0n) is 11.0. The van der Waals surface area contributed by atoms with Gasteiger partial charge in [0.15, 0.2) is 17.1 Å². The molecule has 0 spiro atoms. The first-order valence-corrected chi connectivity index (χ1v) is 6.53. The minimum atomic E-state index is 0.587. The van der Waals surface area contributed by atoms with E-state index in [4.69, 9.17) is 9.47 Å². The fraction of sp³-hybridized carbons (Fsp3) is 0.200. The van der Waals surface area contributed by atoms with Crippen molar-refractivity contribution in [2.75, 3.05) is 13.2 Å². The summed E-state index contributed by atoms with van der Waals surface area (Å²) in [7, 11) is 0. The Labute approximate surface area is 115 Å². The van der Waals surface area contributed by atoms with Crippen molar-refractivity contribution in [2.45, 2.75) is 6.92 Å². The summed E-state index contributed by atoms with van der Waals surface area (Å²) >= 11 is 0. The molecule has 0 radical (unpaired) electrons. The first-order chi connectivity index (χ1) is 9.79. The van der Waals surface area contributed by atoms with Crippen LogP contribution >= 0.6 is 0 Å². The van der Waals surface area contributed by atoms with E-state index in [0.717, 1.165) is 34.1 Å². The molecule has 1 aromatic carbocycles. The molecule has 0 atom stereocenters. The number of benzene rings is 1. The SMILES string of the molecule is Cc1cn2nc(-c3ccc4c(c3)OCCO4)ccc2n1. The van der Waals surface area contributed by atoms with Gasteiger partial charge in [-0.2, -0.15) is 5.10 Å². The van der Waals surface area contributed by atoms with Gasteiger partial charge in [0.25, 0.3) is 0 Å². The number of rotatable bonds is 1. The Morgan fingerprint density at radius 3 is 2.80 bits per heavy atom. The highest BCUT2D eigenvalue weighted by molar-refractivity contribution is 5.64. The summed E-state index contributed by atoms with van der Waals surface area (Å²) in [6.45, 7) is 3.15. The highest BCUT2D eigenvalue weighted by Crippen LogP contribution is 2.33. The number of fused-ring (bicyclic) bond motifs is 2. The smallest absolute Gasteiger partial charge is 0.162 e. The van der Waals surface area contributed by atoms with Crippen LogP contribution in [0.4, 0.5) is 0 Å². The topological polar surface area (TPSA) is 48.7 Å². The average Bonchev–Trinajstić information content (AvgIpc) is 2.85. The molecule has 0 saturated carbocycles. The summed E-state index contributed by atoms with van der Waals surface area (Å²) in [4.78, 5) is 4.37. The quantitative estimate of drug-likeness (QED) is 0.679. The third-order valence-electron chi connectivity index (χ3n) is 3.28. The molecule has 3 aromatic rings. The summed E-state index contributed by atoms with van der Waals surface area (Å²) in [6, 6.07) is 9.81. The lowest BCUT2D eigenvalue weighted by atomic mass is 10.1. The molecule has 0 N–H and O–H groups in total.